The Morgan fingerprint density at radius 1 is 1.16 bits per heavy atom. The number of benzene rings is 2. The Morgan fingerprint density at radius 3 is 2.26 bits per heavy atom. The molecule has 2 rings (SSSR count). The first-order valence-corrected chi connectivity index (χ1v) is 8.13. The van der Waals surface area contributed by atoms with Crippen LogP contribution in [0.3, 0.4) is 0 Å². The molecule has 0 heterocycles. The molecule has 0 saturated carbocycles. The normalized spacial score (nSPS) is 12.5. The van der Waals surface area contributed by atoms with Gasteiger partial charge in [-0.2, -0.15) is 0 Å². The summed E-state index contributed by atoms with van der Waals surface area (Å²) in [5.74, 6) is -0.195. The molecule has 19 heavy (non-hydrogen) atoms. The molecule has 1 atom stereocenters. The van der Waals surface area contributed by atoms with E-state index in [0.29, 0.717) is 0 Å². The van der Waals surface area contributed by atoms with Gasteiger partial charge in [-0.05, 0) is 83.0 Å². The van der Waals surface area contributed by atoms with Crippen molar-refractivity contribution in [3.63, 3.8) is 0 Å². The molecule has 4 heteroatoms. The fourth-order valence-corrected chi connectivity index (χ4v) is 3.69. The highest BCUT2D eigenvalue weighted by Gasteiger charge is 2.17. The molecule has 0 fully saturated rings. The highest BCUT2D eigenvalue weighted by atomic mass is 127. The van der Waals surface area contributed by atoms with Crippen LogP contribution in [-0.2, 0) is 0 Å². The molecular formula is C15H12BrClFI. The quantitative estimate of drug-likeness (QED) is 0.376. The van der Waals surface area contributed by atoms with E-state index in [2.05, 4.69) is 38.5 Å². The van der Waals surface area contributed by atoms with E-state index in [1.54, 1.807) is 12.1 Å². The fourth-order valence-electron chi connectivity index (χ4n) is 2.16. The lowest BCUT2D eigenvalue weighted by Gasteiger charge is -2.17. The van der Waals surface area contributed by atoms with Crippen molar-refractivity contribution in [2.24, 2.45) is 0 Å². The largest absolute Gasteiger partial charge is 0.207 e. The molecule has 0 aliphatic rings. The minimum absolute atomic E-state index is 0.0163. The van der Waals surface area contributed by atoms with Crippen LogP contribution in [-0.4, -0.2) is 0 Å². The first-order valence-electron chi connectivity index (χ1n) is 5.76. The molecule has 100 valence electrons. The summed E-state index contributed by atoms with van der Waals surface area (Å²) in [7, 11) is 0. The van der Waals surface area contributed by atoms with Crippen molar-refractivity contribution in [2.75, 3.05) is 0 Å². The Kier molecular flexibility index (Phi) is 4.90. The van der Waals surface area contributed by atoms with Gasteiger partial charge in [0.1, 0.15) is 5.82 Å². The Hall–Kier alpha value is -0.130. The lowest BCUT2D eigenvalue weighted by molar-refractivity contribution is 0.624. The Morgan fingerprint density at radius 2 is 1.74 bits per heavy atom. The predicted molar refractivity (Wildman–Crippen MR) is 90.8 cm³/mol. The highest BCUT2D eigenvalue weighted by molar-refractivity contribution is 14.1. The maximum absolute atomic E-state index is 13.4. The van der Waals surface area contributed by atoms with Gasteiger partial charge in [-0.1, -0.05) is 33.6 Å². The third-order valence-electron chi connectivity index (χ3n) is 3.05. The van der Waals surface area contributed by atoms with E-state index in [1.807, 2.05) is 32.0 Å². The minimum Gasteiger partial charge on any atom is -0.207 e. The summed E-state index contributed by atoms with van der Waals surface area (Å²) >= 11 is 12.1. The molecule has 0 amide bonds. The molecule has 2 aromatic rings. The molecule has 0 spiro atoms. The van der Waals surface area contributed by atoms with Gasteiger partial charge in [0.15, 0.2) is 0 Å². The zero-order chi connectivity index (χ0) is 14.2. The van der Waals surface area contributed by atoms with Crippen LogP contribution in [0.5, 0.6) is 0 Å². The summed E-state index contributed by atoms with van der Waals surface area (Å²) in [4.78, 5) is 0.0163. The smallest absolute Gasteiger partial charge is 0.123 e. The van der Waals surface area contributed by atoms with Gasteiger partial charge in [0.25, 0.3) is 0 Å². The second kappa shape index (κ2) is 6.10. The van der Waals surface area contributed by atoms with Crippen LogP contribution in [0.15, 0.2) is 30.3 Å². The van der Waals surface area contributed by atoms with E-state index in [9.17, 15) is 4.39 Å². The van der Waals surface area contributed by atoms with Crippen LogP contribution in [0.2, 0.25) is 5.02 Å². The Balaban J connectivity index is 2.49. The summed E-state index contributed by atoms with van der Waals surface area (Å²) in [6.07, 6.45) is 0. The Bertz CT molecular complexity index is 605. The van der Waals surface area contributed by atoms with Gasteiger partial charge in [-0.25, -0.2) is 4.39 Å². The third kappa shape index (κ3) is 3.31. The van der Waals surface area contributed by atoms with Crippen molar-refractivity contribution in [1.82, 2.24) is 0 Å². The van der Waals surface area contributed by atoms with E-state index in [0.717, 1.165) is 30.8 Å². The summed E-state index contributed by atoms with van der Waals surface area (Å²) in [6.45, 7) is 3.85. The van der Waals surface area contributed by atoms with Gasteiger partial charge in [0.2, 0.25) is 0 Å². The standard InChI is InChI=1S/C15H12BrClFI/c1-8-5-11(18)6-9(2)14(8)15(16)10-3-4-13(19)12(17)7-10/h3-7,15H,1-2H3. The van der Waals surface area contributed by atoms with Gasteiger partial charge >= 0.3 is 0 Å². The SMILES string of the molecule is Cc1cc(F)cc(C)c1C(Br)c1ccc(I)c(Cl)c1. The molecule has 0 aliphatic heterocycles. The van der Waals surface area contributed by atoms with Crippen molar-refractivity contribution >= 4 is 50.1 Å². The average Bonchev–Trinajstić information content (AvgIpc) is 2.31. The van der Waals surface area contributed by atoms with Crippen molar-refractivity contribution in [2.45, 2.75) is 18.7 Å². The molecule has 0 saturated heterocycles. The van der Waals surface area contributed by atoms with Crippen LogP contribution in [0.4, 0.5) is 4.39 Å². The number of rotatable bonds is 2. The van der Waals surface area contributed by atoms with Crippen LogP contribution in [0.1, 0.15) is 27.1 Å². The summed E-state index contributed by atoms with van der Waals surface area (Å²) in [6, 6.07) is 9.09. The van der Waals surface area contributed by atoms with Crippen molar-refractivity contribution in [3.05, 3.63) is 67.0 Å². The third-order valence-corrected chi connectivity index (χ3v) is 5.61. The molecule has 0 radical (unpaired) electrons. The molecule has 0 bridgehead atoms. The van der Waals surface area contributed by atoms with E-state index < -0.39 is 0 Å². The van der Waals surface area contributed by atoms with Crippen LogP contribution < -0.4 is 0 Å². The number of aryl methyl sites for hydroxylation is 2. The molecule has 1 unspecified atom stereocenters. The lowest BCUT2D eigenvalue weighted by atomic mass is 9.96. The maximum atomic E-state index is 13.4. The second-order valence-corrected chi connectivity index (χ2v) is 6.97. The minimum atomic E-state index is -0.195. The van der Waals surface area contributed by atoms with Crippen molar-refractivity contribution in [3.8, 4) is 0 Å². The average molecular weight is 454 g/mol. The first-order chi connectivity index (χ1) is 8.90. The Labute approximate surface area is 139 Å². The van der Waals surface area contributed by atoms with Crippen LogP contribution in [0.25, 0.3) is 0 Å². The first kappa shape index (κ1) is 15.3. The monoisotopic (exact) mass is 452 g/mol. The molecule has 0 N–H and O–H groups in total. The van der Waals surface area contributed by atoms with Gasteiger partial charge in [0.05, 0.1) is 9.85 Å². The van der Waals surface area contributed by atoms with Gasteiger partial charge in [-0.3, -0.25) is 0 Å². The van der Waals surface area contributed by atoms with E-state index in [1.165, 1.54) is 0 Å². The van der Waals surface area contributed by atoms with Crippen molar-refractivity contribution < 1.29 is 4.39 Å². The number of halogens is 4. The topological polar surface area (TPSA) is 0 Å². The zero-order valence-electron chi connectivity index (χ0n) is 10.5. The van der Waals surface area contributed by atoms with Gasteiger partial charge in [0, 0.05) is 3.57 Å². The number of hydrogen-bond acceptors (Lipinski definition) is 0. The van der Waals surface area contributed by atoms with Gasteiger partial charge in [-0.15, -0.1) is 0 Å². The lowest BCUT2D eigenvalue weighted by Crippen LogP contribution is -2.00. The molecular weight excluding hydrogens is 441 g/mol. The fraction of sp³-hybridized carbons (Fsp3) is 0.200. The maximum Gasteiger partial charge on any atom is 0.123 e. The van der Waals surface area contributed by atoms with E-state index in [-0.39, 0.29) is 10.6 Å². The zero-order valence-corrected chi connectivity index (χ0v) is 15.0. The van der Waals surface area contributed by atoms with Gasteiger partial charge < -0.3 is 0 Å². The molecule has 0 aliphatic carbocycles. The van der Waals surface area contributed by atoms with E-state index >= 15 is 0 Å². The van der Waals surface area contributed by atoms with Crippen molar-refractivity contribution in [1.29, 1.82) is 0 Å². The summed E-state index contributed by atoms with van der Waals surface area (Å²) in [5.41, 5.74) is 4.05. The molecule has 2 aromatic carbocycles. The highest BCUT2D eigenvalue weighted by Crippen LogP contribution is 2.37. The van der Waals surface area contributed by atoms with Crippen LogP contribution >= 0.6 is 50.1 Å². The van der Waals surface area contributed by atoms with Crippen LogP contribution in [0, 0.1) is 23.2 Å². The molecule has 0 aromatic heterocycles. The number of alkyl halides is 1. The predicted octanol–water partition coefficient (Wildman–Crippen LogP) is 6.18. The summed E-state index contributed by atoms with van der Waals surface area (Å²) < 4.78 is 14.4. The summed E-state index contributed by atoms with van der Waals surface area (Å²) in [5, 5.41) is 0.736. The molecule has 0 nitrogen and oxygen atoms in total. The number of hydrogen-bond donors (Lipinski definition) is 0. The van der Waals surface area contributed by atoms with E-state index in [4.69, 9.17) is 11.6 Å². The second-order valence-electron chi connectivity index (χ2n) is 4.49.